The van der Waals surface area contributed by atoms with Gasteiger partial charge in [-0.15, -0.1) is 0 Å². The molecule has 0 spiro atoms. The van der Waals surface area contributed by atoms with Gasteiger partial charge < -0.3 is 29.3 Å². The van der Waals surface area contributed by atoms with Crippen molar-refractivity contribution in [3.63, 3.8) is 0 Å². The fraction of sp³-hybridized carbons (Fsp3) is 0.667. The van der Waals surface area contributed by atoms with Crippen LogP contribution in [0.5, 0.6) is 0 Å². The summed E-state index contributed by atoms with van der Waals surface area (Å²) in [4.78, 5) is 35.0. The summed E-state index contributed by atoms with van der Waals surface area (Å²) in [5.74, 6) is -1.04. The molecule has 0 bridgehead atoms. The molecular formula is C48H79O11P. The summed E-state index contributed by atoms with van der Waals surface area (Å²) in [5, 5.41) is 18.4. The lowest BCUT2D eigenvalue weighted by Gasteiger charge is -2.20. The number of phosphoric acid groups is 1. The first kappa shape index (κ1) is 55.1. The SMILES string of the molecule is CC/C=C\CC1OC1C/C=C\C/C=C\C/C=C\C/C=C\CCC(=O)OC[C@H](COP(=O)(O)OC[C@@H](O)CO)OC(=O)CCCCCCCCC/C=C\C/C=C\CCCCC. The van der Waals surface area contributed by atoms with Crippen LogP contribution in [0.15, 0.2) is 85.1 Å². The number of epoxide rings is 1. The lowest BCUT2D eigenvalue weighted by atomic mass is 10.1. The number of phosphoric ester groups is 1. The third-order valence-electron chi connectivity index (χ3n) is 9.45. The van der Waals surface area contributed by atoms with Crippen molar-refractivity contribution in [2.75, 3.05) is 26.4 Å². The van der Waals surface area contributed by atoms with E-state index in [2.05, 4.69) is 91.3 Å². The highest BCUT2D eigenvalue weighted by atomic mass is 31.2. The van der Waals surface area contributed by atoms with Crippen molar-refractivity contribution in [3.8, 4) is 0 Å². The molecule has 0 aliphatic carbocycles. The second-order valence-electron chi connectivity index (χ2n) is 15.1. The number of unbranched alkanes of at least 4 members (excludes halogenated alkanes) is 10. The van der Waals surface area contributed by atoms with Gasteiger partial charge in [-0.1, -0.05) is 144 Å². The van der Waals surface area contributed by atoms with Crippen LogP contribution in [0.3, 0.4) is 0 Å². The van der Waals surface area contributed by atoms with Gasteiger partial charge in [0.1, 0.15) is 12.7 Å². The Hall–Kier alpha value is -2.89. The monoisotopic (exact) mass is 863 g/mol. The predicted octanol–water partition coefficient (Wildman–Crippen LogP) is 11.2. The normalized spacial score (nSPS) is 17.9. The molecule has 342 valence electrons. The summed E-state index contributed by atoms with van der Waals surface area (Å²) in [5.41, 5.74) is 0. The molecule has 0 saturated carbocycles. The minimum absolute atomic E-state index is 0.107. The van der Waals surface area contributed by atoms with Crippen molar-refractivity contribution >= 4 is 19.8 Å². The Kier molecular flexibility index (Phi) is 35.8. The van der Waals surface area contributed by atoms with Crippen molar-refractivity contribution in [2.45, 2.75) is 180 Å². The summed E-state index contributed by atoms with van der Waals surface area (Å²) in [6, 6.07) is 0. The van der Waals surface area contributed by atoms with Gasteiger partial charge in [-0.2, -0.15) is 0 Å². The Labute approximate surface area is 362 Å². The van der Waals surface area contributed by atoms with E-state index in [1.54, 1.807) is 0 Å². The Morgan fingerprint density at radius 1 is 0.600 bits per heavy atom. The second-order valence-corrected chi connectivity index (χ2v) is 16.5. The van der Waals surface area contributed by atoms with Gasteiger partial charge in [-0.3, -0.25) is 18.6 Å². The Bertz CT molecular complexity index is 1340. The van der Waals surface area contributed by atoms with Gasteiger partial charge >= 0.3 is 19.8 Å². The third-order valence-corrected chi connectivity index (χ3v) is 10.4. The van der Waals surface area contributed by atoms with Gasteiger partial charge in [0.15, 0.2) is 6.10 Å². The van der Waals surface area contributed by atoms with Crippen molar-refractivity contribution in [1.82, 2.24) is 0 Å². The van der Waals surface area contributed by atoms with Crippen LogP contribution in [-0.2, 0) is 37.4 Å². The van der Waals surface area contributed by atoms with Crippen molar-refractivity contribution < 1.29 is 52.5 Å². The topological polar surface area (TPSA) is 161 Å². The maximum atomic E-state index is 12.6. The van der Waals surface area contributed by atoms with Crippen LogP contribution in [0.4, 0.5) is 0 Å². The molecule has 1 aliphatic rings. The molecule has 0 radical (unpaired) electrons. The molecule has 0 amide bonds. The third kappa shape index (κ3) is 35.8. The maximum absolute atomic E-state index is 12.6. The molecule has 1 saturated heterocycles. The van der Waals surface area contributed by atoms with Gasteiger partial charge in [-0.25, -0.2) is 4.57 Å². The van der Waals surface area contributed by atoms with E-state index in [-0.39, 0.29) is 19.4 Å². The predicted molar refractivity (Wildman–Crippen MR) is 241 cm³/mol. The van der Waals surface area contributed by atoms with E-state index in [1.165, 1.54) is 38.5 Å². The number of carbonyl (C=O) groups is 2. The van der Waals surface area contributed by atoms with Crippen LogP contribution < -0.4 is 0 Å². The molecule has 1 rings (SSSR count). The van der Waals surface area contributed by atoms with Gasteiger partial charge in [0.25, 0.3) is 0 Å². The van der Waals surface area contributed by atoms with E-state index in [9.17, 15) is 24.2 Å². The van der Waals surface area contributed by atoms with Crippen LogP contribution in [0.1, 0.15) is 155 Å². The zero-order valence-corrected chi connectivity index (χ0v) is 37.7. The first-order chi connectivity index (χ1) is 29.2. The molecule has 3 N–H and O–H groups in total. The van der Waals surface area contributed by atoms with E-state index in [0.717, 1.165) is 77.0 Å². The number of hydrogen-bond acceptors (Lipinski definition) is 10. The molecule has 0 aromatic rings. The lowest BCUT2D eigenvalue weighted by Crippen LogP contribution is -2.29. The summed E-state index contributed by atoms with van der Waals surface area (Å²) in [6.45, 7) is 2.12. The average molecular weight is 863 g/mol. The Morgan fingerprint density at radius 3 is 1.68 bits per heavy atom. The summed E-state index contributed by atoms with van der Waals surface area (Å²) in [6.07, 6.45) is 48.8. The highest BCUT2D eigenvalue weighted by Gasteiger charge is 2.36. The molecule has 0 aromatic heterocycles. The Balaban J connectivity index is 2.29. The molecule has 0 aromatic carbocycles. The molecule has 12 heteroatoms. The number of aliphatic hydroxyl groups excluding tert-OH is 2. The molecular weight excluding hydrogens is 783 g/mol. The van der Waals surface area contributed by atoms with E-state index >= 15 is 0 Å². The minimum Gasteiger partial charge on any atom is -0.462 e. The van der Waals surface area contributed by atoms with Crippen molar-refractivity contribution in [3.05, 3.63) is 85.1 Å². The number of esters is 2. The fourth-order valence-electron chi connectivity index (χ4n) is 5.85. The minimum atomic E-state index is -4.65. The summed E-state index contributed by atoms with van der Waals surface area (Å²) < 4.78 is 38.3. The first-order valence-corrected chi connectivity index (χ1v) is 24.2. The number of allylic oxidation sites excluding steroid dienone is 12. The van der Waals surface area contributed by atoms with Crippen LogP contribution in [0.25, 0.3) is 0 Å². The molecule has 3 unspecified atom stereocenters. The summed E-state index contributed by atoms with van der Waals surface area (Å²) >= 11 is 0. The zero-order chi connectivity index (χ0) is 43.8. The number of rotatable bonds is 40. The highest BCUT2D eigenvalue weighted by Crippen LogP contribution is 2.43. The zero-order valence-electron chi connectivity index (χ0n) is 36.8. The smallest absolute Gasteiger partial charge is 0.462 e. The number of ether oxygens (including phenoxy) is 3. The maximum Gasteiger partial charge on any atom is 0.472 e. The lowest BCUT2D eigenvalue weighted by molar-refractivity contribution is -0.161. The fourth-order valence-corrected chi connectivity index (χ4v) is 6.64. The molecule has 60 heavy (non-hydrogen) atoms. The van der Waals surface area contributed by atoms with E-state index in [4.69, 9.17) is 23.8 Å². The molecule has 5 atom stereocenters. The van der Waals surface area contributed by atoms with Crippen molar-refractivity contribution in [2.24, 2.45) is 0 Å². The van der Waals surface area contributed by atoms with Crippen LogP contribution in [-0.4, -0.2) is 77.9 Å². The summed E-state index contributed by atoms with van der Waals surface area (Å²) in [7, 11) is -4.65. The van der Waals surface area contributed by atoms with Crippen LogP contribution >= 0.6 is 7.82 Å². The van der Waals surface area contributed by atoms with Gasteiger partial charge in [-0.05, 0) is 83.5 Å². The van der Waals surface area contributed by atoms with E-state index < -0.39 is 51.8 Å². The molecule has 1 heterocycles. The number of hydrogen-bond donors (Lipinski definition) is 3. The van der Waals surface area contributed by atoms with Gasteiger partial charge in [0.05, 0.1) is 32.0 Å². The standard InChI is InChI=1S/C48H79O11P/c1-3-5-7-8-9-10-11-12-13-14-15-16-21-24-27-30-34-38-48(52)58-44(42-57-60(53,54)56-40-43(50)39-49)41-55-47(51)37-33-29-26-23-20-18-17-19-22-25-28-32-36-46-45(59-46)35-31-6-4-2/h6,9-10,12-13,18-20,22,26,28-29,31-32,43-46,49-50H,3-5,7-8,11,14-17,21,23-25,27,30,33-42H2,1-2H3,(H,53,54)/b10-9-,13-12-,20-18-,22-19-,29-26-,31-6-,32-28-/t43-,44+,45?,46?/m0/s1. The Morgan fingerprint density at radius 2 is 1.10 bits per heavy atom. The van der Waals surface area contributed by atoms with Crippen LogP contribution in [0, 0.1) is 0 Å². The van der Waals surface area contributed by atoms with Crippen LogP contribution in [0.2, 0.25) is 0 Å². The van der Waals surface area contributed by atoms with Gasteiger partial charge in [0, 0.05) is 12.8 Å². The van der Waals surface area contributed by atoms with Gasteiger partial charge in [0.2, 0.25) is 0 Å². The highest BCUT2D eigenvalue weighted by molar-refractivity contribution is 7.47. The molecule has 1 fully saturated rings. The first-order valence-electron chi connectivity index (χ1n) is 22.7. The molecule has 11 nitrogen and oxygen atoms in total. The quantitative estimate of drug-likeness (QED) is 0.0177. The number of aliphatic hydroxyl groups is 2. The van der Waals surface area contributed by atoms with E-state index in [1.807, 2.05) is 12.2 Å². The average Bonchev–Trinajstić information content (AvgIpc) is 3.99. The van der Waals surface area contributed by atoms with Crippen molar-refractivity contribution in [1.29, 1.82) is 0 Å². The second kappa shape index (κ2) is 39.0. The number of carbonyl (C=O) groups excluding carboxylic acids is 2. The largest absolute Gasteiger partial charge is 0.472 e. The molecule has 1 aliphatic heterocycles. The van der Waals surface area contributed by atoms with E-state index in [0.29, 0.717) is 25.0 Å².